The summed E-state index contributed by atoms with van der Waals surface area (Å²) in [5, 5.41) is 0. The Bertz CT molecular complexity index is 496. The monoisotopic (exact) mass is 244 g/mol. The van der Waals surface area contributed by atoms with E-state index in [1.807, 2.05) is 6.92 Å². The molecule has 2 N–H and O–H groups in total. The number of nitrogens with two attached hydrogens (primary N) is 1. The molecule has 0 aromatic carbocycles. The van der Waals surface area contributed by atoms with Gasteiger partial charge < -0.3 is 5.73 Å². The highest BCUT2D eigenvalue weighted by molar-refractivity contribution is 5.67. The van der Waals surface area contributed by atoms with Gasteiger partial charge in [0.25, 0.3) is 0 Å². The number of rotatable bonds is 1. The highest BCUT2D eigenvalue weighted by Gasteiger charge is 2.33. The SMILES string of the molecule is Cc1cc(C2=CC(C)(C)CC(C)(C)C2)ncc1N. The molecule has 2 heteroatoms. The van der Waals surface area contributed by atoms with Gasteiger partial charge in [0.15, 0.2) is 0 Å². The number of nitrogens with zero attached hydrogens (tertiary/aromatic N) is 1. The Morgan fingerprint density at radius 2 is 1.89 bits per heavy atom. The van der Waals surface area contributed by atoms with E-state index < -0.39 is 0 Å². The number of pyridine rings is 1. The maximum atomic E-state index is 5.84. The third-order valence-electron chi connectivity index (χ3n) is 3.65. The zero-order chi connectivity index (χ0) is 13.6. The fourth-order valence-corrected chi connectivity index (χ4v) is 3.29. The summed E-state index contributed by atoms with van der Waals surface area (Å²) < 4.78 is 0. The summed E-state index contributed by atoms with van der Waals surface area (Å²) in [6.45, 7) is 11.3. The van der Waals surface area contributed by atoms with E-state index in [4.69, 9.17) is 5.73 Å². The van der Waals surface area contributed by atoms with Gasteiger partial charge in [-0.05, 0) is 47.8 Å². The zero-order valence-electron chi connectivity index (χ0n) is 12.2. The van der Waals surface area contributed by atoms with E-state index in [2.05, 4.69) is 44.8 Å². The van der Waals surface area contributed by atoms with E-state index in [0.717, 1.165) is 23.4 Å². The van der Waals surface area contributed by atoms with Crippen molar-refractivity contribution >= 4 is 11.3 Å². The first-order valence-electron chi connectivity index (χ1n) is 6.63. The second-order valence-electron chi connectivity index (χ2n) is 7.10. The molecule has 0 fully saturated rings. The van der Waals surface area contributed by atoms with E-state index in [1.165, 1.54) is 12.0 Å². The van der Waals surface area contributed by atoms with Gasteiger partial charge in [0.2, 0.25) is 0 Å². The Balaban J connectivity index is 2.43. The van der Waals surface area contributed by atoms with Gasteiger partial charge in [-0.1, -0.05) is 33.8 Å². The second kappa shape index (κ2) is 4.11. The molecule has 2 rings (SSSR count). The lowest BCUT2D eigenvalue weighted by Gasteiger charge is -2.39. The number of aromatic nitrogens is 1. The molecule has 0 saturated carbocycles. The van der Waals surface area contributed by atoms with E-state index in [1.54, 1.807) is 6.20 Å². The normalized spacial score (nSPS) is 21.5. The first kappa shape index (κ1) is 13.1. The number of allylic oxidation sites excluding steroid dienone is 2. The Morgan fingerprint density at radius 1 is 1.22 bits per heavy atom. The Labute approximate surface area is 110 Å². The van der Waals surface area contributed by atoms with Crippen molar-refractivity contribution in [2.45, 2.75) is 47.5 Å². The van der Waals surface area contributed by atoms with Crippen molar-refractivity contribution in [2.75, 3.05) is 5.73 Å². The summed E-state index contributed by atoms with van der Waals surface area (Å²) in [6.07, 6.45) is 6.47. The van der Waals surface area contributed by atoms with Crippen LogP contribution in [-0.4, -0.2) is 4.98 Å². The fourth-order valence-electron chi connectivity index (χ4n) is 3.29. The fraction of sp³-hybridized carbons (Fsp3) is 0.562. The standard InChI is InChI=1S/C16H24N2/c1-11-6-14(18-9-13(11)17)12-7-15(2,3)10-16(4,5)8-12/h6-7,9H,8,10,17H2,1-5H3. The van der Waals surface area contributed by atoms with Crippen LogP contribution in [0.4, 0.5) is 5.69 Å². The van der Waals surface area contributed by atoms with Gasteiger partial charge >= 0.3 is 0 Å². The lowest BCUT2D eigenvalue weighted by atomic mass is 9.66. The minimum Gasteiger partial charge on any atom is -0.397 e. The lowest BCUT2D eigenvalue weighted by Crippen LogP contribution is -2.27. The highest BCUT2D eigenvalue weighted by Crippen LogP contribution is 2.47. The number of hydrogen-bond acceptors (Lipinski definition) is 2. The number of aryl methyl sites for hydroxylation is 1. The molecule has 0 saturated heterocycles. The predicted octanol–water partition coefficient (Wildman–Crippen LogP) is 4.20. The first-order chi connectivity index (χ1) is 8.19. The average Bonchev–Trinajstić information content (AvgIpc) is 2.17. The highest BCUT2D eigenvalue weighted by atomic mass is 14.7. The third kappa shape index (κ3) is 2.74. The molecule has 0 amide bonds. The molecule has 98 valence electrons. The van der Waals surface area contributed by atoms with Crippen LogP contribution in [0.5, 0.6) is 0 Å². The van der Waals surface area contributed by atoms with Crippen molar-refractivity contribution in [3.05, 3.63) is 29.6 Å². The molecule has 0 spiro atoms. The number of hydrogen-bond donors (Lipinski definition) is 1. The van der Waals surface area contributed by atoms with Crippen LogP contribution in [0.1, 0.15) is 51.8 Å². The lowest BCUT2D eigenvalue weighted by molar-refractivity contribution is 0.228. The summed E-state index contributed by atoms with van der Waals surface area (Å²) in [4.78, 5) is 4.50. The van der Waals surface area contributed by atoms with Crippen LogP contribution in [0.3, 0.4) is 0 Å². The molecule has 2 nitrogen and oxygen atoms in total. The van der Waals surface area contributed by atoms with Crippen molar-refractivity contribution in [3.8, 4) is 0 Å². The van der Waals surface area contributed by atoms with Gasteiger partial charge in [0.1, 0.15) is 0 Å². The Morgan fingerprint density at radius 3 is 2.44 bits per heavy atom. The molecule has 1 aromatic heterocycles. The summed E-state index contributed by atoms with van der Waals surface area (Å²) in [5.74, 6) is 0. The molecule has 1 aromatic rings. The molecule has 1 aliphatic rings. The molecular formula is C16H24N2. The molecule has 0 unspecified atom stereocenters. The number of nitrogen functional groups attached to an aromatic ring is 1. The zero-order valence-corrected chi connectivity index (χ0v) is 12.2. The quantitative estimate of drug-likeness (QED) is 0.804. The third-order valence-corrected chi connectivity index (χ3v) is 3.65. The van der Waals surface area contributed by atoms with Crippen molar-refractivity contribution in [1.82, 2.24) is 4.98 Å². The van der Waals surface area contributed by atoms with E-state index in [-0.39, 0.29) is 5.41 Å². The van der Waals surface area contributed by atoms with Gasteiger partial charge in [0, 0.05) is 0 Å². The maximum absolute atomic E-state index is 5.84. The molecular weight excluding hydrogens is 220 g/mol. The molecule has 0 atom stereocenters. The van der Waals surface area contributed by atoms with Crippen LogP contribution in [-0.2, 0) is 0 Å². The summed E-state index contributed by atoms with van der Waals surface area (Å²) in [6, 6.07) is 2.11. The minimum atomic E-state index is 0.244. The largest absolute Gasteiger partial charge is 0.397 e. The molecule has 0 bridgehead atoms. The van der Waals surface area contributed by atoms with Crippen LogP contribution in [0.2, 0.25) is 0 Å². The van der Waals surface area contributed by atoms with Crippen LogP contribution in [0.15, 0.2) is 18.3 Å². The molecule has 0 aliphatic heterocycles. The van der Waals surface area contributed by atoms with Gasteiger partial charge in [-0.3, -0.25) is 4.98 Å². The van der Waals surface area contributed by atoms with E-state index >= 15 is 0 Å². The molecule has 1 heterocycles. The molecule has 0 radical (unpaired) electrons. The minimum absolute atomic E-state index is 0.244. The van der Waals surface area contributed by atoms with Crippen LogP contribution >= 0.6 is 0 Å². The smallest absolute Gasteiger partial charge is 0.0663 e. The molecule has 1 aliphatic carbocycles. The summed E-state index contributed by atoms with van der Waals surface area (Å²) in [7, 11) is 0. The van der Waals surface area contributed by atoms with Crippen molar-refractivity contribution in [2.24, 2.45) is 10.8 Å². The Hall–Kier alpha value is -1.31. The summed E-state index contributed by atoms with van der Waals surface area (Å²) >= 11 is 0. The predicted molar refractivity (Wildman–Crippen MR) is 78.2 cm³/mol. The molecule has 18 heavy (non-hydrogen) atoms. The van der Waals surface area contributed by atoms with Gasteiger partial charge in [-0.15, -0.1) is 0 Å². The van der Waals surface area contributed by atoms with Crippen molar-refractivity contribution in [3.63, 3.8) is 0 Å². The average molecular weight is 244 g/mol. The van der Waals surface area contributed by atoms with Crippen molar-refractivity contribution < 1.29 is 0 Å². The van der Waals surface area contributed by atoms with E-state index in [0.29, 0.717) is 5.41 Å². The maximum Gasteiger partial charge on any atom is 0.0663 e. The van der Waals surface area contributed by atoms with Gasteiger partial charge in [-0.2, -0.15) is 0 Å². The number of anilines is 1. The Kier molecular flexibility index (Phi) is 3.00. The van der Waals surface area contributed by atoms with Crippen LogP contribution in [0, 0.1) is 17.8 Å². The van der Waals surface area contributed by atoms with Gasteiger partial charge in [0.05, 0.1) is 17.6 Å². The first-order valence-corrected chi connectivity index (χ1v) is 6.63. The van der Waals surface area contributed by atoms with Gasteiger partial charge in [-0.25, -0.2) is 0 Å². The van der Waals surface area contributed by atoms with Crippen LogP contribution in [0.25, 0.3) is 5.57 Å². The summed E-state index contributed by atoms with van der Waals surface area (Å²) in [5.41, 5.74) is 10.8. The van der Waals surface area contributed by atoms with E-state index in [9.17, 15) is 0 Å². The topological polar surface area (TPSA) is 38.9 Å². The van der Waals surface area contributed by atoms with Crippen LogP contribution < -0.4 is 5.73 Å². The second-order valence-corrected chi connectivity index (χ2v) is 7.10. The van der Waals surface area contributed by atoms with Crippen molar-refractivity contribution in [1.29, 1.82) is 0 Å².